The molecule has 6 heteroatoms. The van der Waals surface area contributed by atoms with Crippen molar-refractivity contribution in [3.63, 3.8) is 0 Å². The molecule has 1 aromatic heterocycles. The molecule has 0 N–H and O–H groups in total. The van der Waals surface area contributed by atoms with Crippen LogP contribution in [0, 0.1) is 11.8 Å². The van der Waals surface area contributed by atoms with Crippen LogP contribution in [0.1, 0.15) is 76.4 Å². The summed E-state index contributed by atoms with van der Waals surface area (Å²) in [6.07, 6.45) is 7.95. The number of hydrogen-bond acceptors (Lipinski definition) is 5. The normalized spacial score (nSPS) is 28.5. The third-order valence-corrected chi connectivity index (χ3v) is 7.79. The Kier molecular flexibility index (Phi) is 4.08. The summed E-state index contributed by atoms with van der Waals surface area (Å²) in [5, 5.41) is 4.04. The van der Waals surface area contributed by atoms with Crippen LogP contribution in [0.5, 0.6) is 0 Å². The van der Waals surface area contributed by atoms with Crippen molar-refractivity contribution >= 4 is 9.84 Å². The zero-order valence-corrected chi connectivity index (χ0v) is 14.5. The molecule has 0 bridgehead atoms. The summed E-state index contributed by atoms with van der Waals surface area (Å²) >= 11 is 0. The third-order valence-electron chi connectivity index (χ3n) is 5.78. The summed E-state index contributed by atoms with van der Waals surface area (Å²) in [6.45, 7) is 4.56. The molecule has 2 aliphatic carbocycles. The smallest absolute Gasteiger partial charge is 0.229 e. The number of hydrogen-bond donors (Lipinski definition) is 0. The SMILES string of the molecule is CC(C)C1CCC(c2nc(C3(S(C)(=O)=O)CCC3)no2)CC1. The van der Waals surface area contributed by atoms with Crippen molar-refractivity contribution in [2.24, 2.45) is 11.8 Å². The van der Waals surface area contributed by atoms with Crippen LogP contribution in [-0.4, -0.2) is 24.8 Å². The molecule has 1 heterocycles. The zero-order chi connectivity index (χ0) is 16.0. The van der Waals surface area contributed by atoms with Crippen LogP contribution >= 0.6 is 0 Å². The Hall–Kier alpha value is -0.910. The van der Waals surface area contributed by atoms with Gasteiger partial charge in [0.25, 0.3) is 0 Å². The molecule has 2 fully saturated rings. The van der Waals surface area contributed by atoms with Gasteiger partial charge in [-0.25, -0.2) is 8.42 Å². The van der Waals surface area contributed by atoms with E-state index in [-0.39, 0.29) is 0 Å². The van der Waals surface area contributed by atoms with Gasteiger partial charge in [-0.1, -0.05) is 19.0 Å². The fourth-order valence-corrected chi connectivity index (χ4v) is 5.32. The fraction of sp³-hybridized carbons (Fsp3) is 0.875. The number of sulfone groups is 1. The van der Waals surface area contributed by atoms with Gasteiger partial charge in [-0.2, -0.15) is 4.98 Å². The van der Waals surface area contributed by atoms with Gasteiger partial charge in [-0.05, 0) is 56.8 Å². The summed E-state index contributed by atoms with van der Waals surface area (Å²) in [4.78, 5) is 4.51. The summed E-state index contributed by atoms with van der Waals surface area (Å²) < 4.78 is 28.8. The minimum absolute atomic E-state index is 0.299. The van der Waals surface area contributed by atoms with Crippen LogP contribution in [-0.2, 0) is 14.6 Å². The molecule has 0 aliphatic heterocycles. The van der Waals surface area contributed by atoms with E-state index in [4.69, 9.17) is 4.52 Å². The van der Waals surface area contributed by atoms with Crippen LogP contribution in [0.4, 0.5) is 0 Å². The van der Waals surface area contributed by atoms with E-state index in [1.165, 1.54) is 19.1 Å². The molecular weight excluding hydrogens is 300 g/mol. The Morgan fingerprint density at radius 3 is 2.27 bits per heavy atom. The van der Waals surface area contributed by atoms with Crippen molar-refractivity contribution < 1.29 is 12.9 Å². The number of rotatable bonds is 4. The van der Waals surface area contributed by atoms with Crippen LogP contribution in [0.15, 0.2) is 4.52 Å². The zero-order valence-electron chi connectivity index (χ0n) is 13.7. The Morgan fingerprint density at radius 2 is 1.82 bits per heavy atom. The molecule has 22 heavy (non-hydrogen) atoms. The maximum Gasteiger partial charge on any atom is 0.229 e. The van der Waals surface area contributed by atoms with E-state index in [0.717, 1.165) is 31.1 Å². The maximum atomic E-state index is 12.1. The van der Waals surface area contributed by atoms with Crippen molar-refractivity contribution in [2.75, 3.05) is 6.26 Å². The van der Waals surface area contributed by atoms with E-state index in [2.05, 4.69) is 24.0 Å². The van der Waals surface area contributed by atoms with E-state index in [1.54, 1.807) is 0 Å². The summed E-state index contributed by atoms with van der Waals surface area (Å²) in [5.74, 6) is 2.85. The first-order chi connectivity index (χ1) is 10.3. The Labute approximate surface area is 132 Å². The standard InChI is InChI=1S/C16H26N2O3S/c1-11(2)12-5-7-13(8-6-12)14-17-15(18-21-14)16(9-4-10-16)22(3,19)20/h11-13H,4-10H2,1-3H3. The highest BCUT2D eigenvalue weighted by atomic mass is 32.2. The van der Waals surface area contributed by atoms with E-state index in [0.29, 0.717) is 30.5 Å². The van der Waals surface area contributed by atoms with E-state index < -0.39 is 14.6 Å². The van der Waals surface area contributed by atoms with Crippen molar-refractivity contribution in [1.82, 2.24) is 10.1 Å². The molecular formula is C16H26N2O3S. The van der Waals surface area contributed by atoms with Crippen molar-refractivity contribution in [2.45, 2.75) is 69.5 Å². The molecule has 0 aromatic carbocycles. The lowest BCUT2D eigenvalue weighted by atomic mass is 9.77. The van der Waals surface area contributed by atoms with E-state index in [1.807, 2.05) is 0 Å². The average Bonchev–Trinajstić information content (AvgIpc) is 2.85. The monoisotopic (exact) mass is 326 g/mol. The molecule has 0 spiro atoms. The predicted octanol–water partition coefficient (Wildman–Crippen LogP) is 3.42. The highest BCUT2D eigenvalue weighted by Crippen LogP contribution is 2.47. The van der Waals surface area contributed by atoms with Gasteiger partial charge in [0.2, 0.25) is 5.89 Å². The van der Waals surface area contributed by atoms with Gasteiger partial charge >= 0.3 is 0 Å². The van der Waals surface area contributed by atoms with Gasteiger partial charge in [-0.3, -0.25) is 0 Å². The lowest BCUT2D eigenvalue weighted by Gasteiger charge is -2.36. The van der Waals surface area contributed by atoms with Crippen LogP contribution in [0.3, 0.4) is 0 Å². The largest absolute Gasteiger partial charge is 0.339 e. The van der Waals surface area contributed by atoms with Crippen molar-refractivity contribution in [1.29, 1.82) is 0 Å². The van der Waals surface area contributed by atoms with Crippen LogP contribution < -0.4 is 0 Å². The first-order valence-electron chi connectivity index (χ1n) is 8.37. The average molecular weight is 326 g/mol. The van der Waals surface area contributed by atoms with Crippen LogP contribution in [0.2, 0.25) is 0 Å². The molecule has 0 atom stereocenters. The van der Waals surface area contributed by atoms with E-state index >= 15 is 0 Å². The fourth-order valence-electron chi connectivity index (χ4n) is 3.88. The first-order valence-corrected chi connectivity index (χ1v) is 10.3. The van der Waals surface area contributed by atoms with Gasteiger partial charge in [0, 0.05) is 12.2 Å². The Bertz CT molecular complexity index is 624. The molecule has 1 aromatic rings. The Balaban J connectivity index is 1.75. The molecule has 0 radical (unpaired) electrons. The third kappa shape index (κ3) is 2.59. The molecule has 0 saturated heterocycles. The van der Waals surface area contributed by atoms with Crippen LogP contribution in [0.25, 0.3) is 0 Å². The minimum atomic E-state index is -3.20. The van der Waals surface area contributed by atoms with Gasteiger partial charge in [-0.15, -0.1) is 0 Å². The molecule has 0 unspecified atom stereocenters. The molecule has 124 valence electrons. The molecule has 0 amide bonds. The lowest BCUT2D eigenvalue weighted by molar-refractivity contribution is 0.230. The topological polar surface area (TPSA) is 73.1 Å². The predicted molar refractivity (Wildman–Crippen MR) is 84.2 cm³/mol. The highest BCUT2D eigenvalue weighted by molar-refractivity contribution is 7.91. The second kappa shape index (κ2) is 5.62. The summed E-state index contributed by atoms with van der Waals surface area (Å²) in [5.41, 5.74) is 0. The first kappa shape index (κ1) is 16.0. The van der Waals surface area contributed by atoms with Gasteiger partial charge in [0.1, 0.15) is 4.75 Å². The second-order valence-corrected chi connectivity index (χ2v) is 9.76. The van der Waals surface area contributed by atoms with Crippen molar-refractivity contribution in [3.8, 4) is 0 Å². The maximum absolute atomic E-state index is 12.1. The van der Waals surface area contributed by atoms with Gasteiger partial charge in [0.05, 0.1) is 0 Å². The van der Waals surface area contributed by atoms with Gasteiger partial charge < -0.3 is 4.52 Å². The molecule has 2 aliphatic rings. The second-order valence-electron chi connectivity index (χ2n) is 7.43. The number of aromatic nitrogens is 2. The molecule has 3 rings (SSSR count). The summed E-state index contributed by atoms with van der Waals surface area (Å²) in [7, 11) is -3.20. The molecule has 2 saturated carbocycles. The van der Waals surface area contributed by atoms with Gasteiger partial charge in [0.15, 0.2) is 15.7 Å². The highest BCUT2D eigenvalue weighted by Gasteiger charge is 2.51. The van der Waals surface area contributed by atoms with E-state index in [9.17, 15) is 8.42 Å². The lowest BCUT2D eigenvalue weighted by Crippen LogP contribution is -2.42. The van der Waals surface area contributed by atoms with Crippen molar-refractivity contribution in [3.05, 3.63) is 11.7 Å². The molecule has 5 nitrogen and oxygen atoms in total. The Morgan fingerprint density at radius 1 is 1.18 bits per heavy atom. The summed E-state index contributed by atoms with van der Waals surface area (Å²) in [6, 6.07) is 0. The number of nitrogens with zero attached hydrogens (tertiary/aromatic N) is 2. The minimum Gasteiger partial charge on any atom is -0.339 e. The quantitative estimate of drug-likeness (QED) is 0.847.